The molecule has 0 aliphatic rings. The van der Waals surface area contributed by atoms with Crippen molar-refractivity contribution in [2.45, 2.75) is 13.3 Å². The second kappa shape index (κ2) is 12.4. The summed E-state index contributed by atoms with van der Waals surface area (Å²) < 4.78 is 23.7. The van der Waals surface area contributed by atoms with Crippen LogP contribution in [0.4, 0.5) is 0 Å². The first-order valence-electron chi connectivity index (χ1n) is 9.19. The highest BCUT2D eigenvalue weighted by atomic mass is 32.2. The van der Waals surface area contributed by atoms with Crippen molar-refractivity contribution in [3.8, 4) is 23.0 Å². The lowest BCUT2D eigenvalue weighted by Gasteiger charge is -2.13. The Bertz CT molecular complexity index is 716. The number of benzene rings is 2. The third kappa shape index (κ3) is 7.47. The SMILES string of the molecule is CCOc1ccccc1OCCNCCc1ccc(OC)c(OSN(C)N)c1. The van der Waals surface area contributed by atoms with Gasteiger partial charge >= 0.3 is 0 Å². The number of rotatable bonds is 13. The number of hydrazine groups is 1. The number of nitrogens with two attached hydrogens (primary N) is 1. The van der Waals surface area contributed by atoms with E-state index in [-0.39, 0.29) is 0 Å². The van der Waals surface area contributed by atoms with Crippen LogP contribution in [0.15, 0.2) is 42.5 Å². The average molecular weight is 408 g/mol. The highest BCUT2D eigenvalue weighted by Gasteiger charge is 2.08. The van der Waals surface area contributed by atoms with E-state index in [0.717, 1.165) is 48.8 Å². The maximum atomic E-state index is 5.80. The number of nitrogens with zero attached hydrogens (tertiary/aromatic N) is 1. The summed E-state index contributed by atoms with van der Waals surface area (Å²) >= 11 is 1.05. The molecule has 0 radical (unpaired) electrons. The van der Waals surface area contributed by atoms with Crippen molar-refractivity contribution in [3.05, 3.63) is 48.0 Å². The Hall–Kier alpha value is -2.13. The first kappa shape index (κ1) is 22.2. The molecule has 0 amide bonds. The maximum Gasteiger partial charge on any atom is 0.181 e. The van der Waals surface area contributed by atoms with E-state index >= 15 is 0 Å². The average Bonchev–Trinajstić information content (AvgIpc) is 2.70. The van der Waals surface area contributed by atoms with E-state index in [0.29, 0.717) is 24.7 Å². The van der Waals surface area contributed by atoms with Crippen LogP contribution in [-0.2, 0) is 6.42 Å². The van der Waals surface area contributed by atoms with Gasteiger partial charge in [0.25, 0.3) is 0 Å². The van der Waals surface area contributed by atoms with Crippen LogP contribution in [0.5, 0.6) is 23.0 Å². The number of hydrogen-bond donors (Lipinski definition) is 2. The van der Waals surface area contributed by atoms with Gasteiger partial charge in [-0.1, -0.05) is 18.2 Å². The molecule has 0 saturated carbocycles. The Balaban J connectivity index is 1.74. The molecule has 0 spiro atoms. The predicted octanol–water partition coefficient (Wildman–Crippen LogP) is 3.05. The molecule has 3 N–H and O–H groups in total. The lowest BCUT2D eigenvalue weighted by molar-refractivity contribution is 0.276. The quantitative estimate of drug-likeness (QED) is 0.172. The predicted molar refractivity (Wildman–Crippen MR) is 113 cm³/mol. The molecular formula is C20H29N3O4S. The minimum atomic E-state index is 0.570. The molecule has 2 aromatic carbocycles. The van der Waals surface area contributed by atoms with Crippen LogP contribution in [0.25, 0.3) is 0 Å². The van der Waals surface area contributed by atoms with Gasteiger partial charge in [0.15, 0.2) is 35.2 Å². The zero-order chi connectivity index (χ0) is 20.2. The summed E-state index contributed by atoms with van der Waals surface area (Å²) in [6.07, 6.45) is 0.860. The molecule has 0 bridgehead atoms. The molecule has 0 aromatic heterocycles. The third-order valence-electron chi connectivity index (χ3n) is 3.75. The maximum absolute atomic E-state index is 5.80. The van der Waals surface area contributed by atoms with Gasteiger partial charge in [0.1, 0.15) is 6.61 Å². The van der Waals surface area contributed by atoms with Crippen molar-refractivity contribution < 1.29 is 18.4 Å². The summed E-state index contributed by atoms with van der Waals surface area (Å²) in [5.74, 6) is 8.43. The Kier molecular flexibility index (Phi) is 9.78. The molecule has 0 heterocycles. The first-order valence-corrected chi connectivity index (χ1v) is 9.89. The van der Waals surface area contributed by atoms with E-state index in [4.69, 9.17) is 24.2 Å². The van der Waals surface area contributed by atoms with Crippen LogP contribution in [0, 0.1) is 0 Å². The number of nitrogens with one attached hydrogen (secondary N) is 1. The van der Waals surface area contributed by atoms with Gasteiger partial charge in [-0.2, -0.15) is 4.41 Å². The fourth-order valence-corrected chi connectivity index (χ4v) is 2.80. The fourth-order valence-electron chi connectivity index (χ4n) is 2.48. The molecule has 0 aliphatic carbocycles. The van der Waals surface area contributed by atoms with Gasteiger partial charge in [0.05, 0.1) is 13.7 Å². The van der Waals surface area contributed by atoms with E-state index < -0.39 is 0 Å². The zero-order valence-electron chi connectivity index (χ0n) is 16.6. The monoisotopic (exact) mass is 407 g/mol. The summed E-state index contributed by atoms with van der Waals surface area (Å²) in [4.78, 5) is 0. The molecule has 154 valence electrons. The largest absolute Gasteiger partial charge is 0.493 e. The molecular weight excluding hydrogens is 378 g/mol. The topological polar surface area (TPSA) is 78.2 Å². The highest BCUT2D eigenvalue weighted by Crippen LogP contribution is 2.31. The van der Waals surface area contributed by atoms with Crippen LogP contribution < -0.4 is 29.6 Å². The molecule has 0 saturated heterocycles. The van der Waals surface area contributed by atoms with E-state index in [1.165, 1.54) is 4.41 Å². The van der Waals surface area contributed by atoms with Crippen molar-refractivity contribution in [2.75, 3.05) is 40.5 Å². The van der Waals surface area contributed by atoms with Crippen molar-refractivity contribution >= 4 is 12.2 Å². The Morgan fingerprint density at radius 2 is 1.75 bits per heavy atom. The molecule has 2 rings (SSSR count). The van der Waals surface area contributed by atoms with Crippen LogP contribution in [-0.4, -0.2) is 44.9 Å². The van der Waals surface area contributed by atoms with E-state index in [1.54, 1.807) is 14.2 Å². The van der Waals surface area contributed by atoms with Gasteiger partial charge in [0.2, 0.25) is 0 Å². The van der Waals surface area contributed by atoms with Crippen LogP contribution in [0.2, 0.25) is 0 Å². The lowest BCUT2D eigenvalue weighted by Crippen LogP contribution is -2.23. The molecule has 0 aliphatic heterocycles. The third-order valence-corrected chi connectivity index (χ3v) is 4.24. The Morgan fingerprint density at radius 1 is 1.00 bits per heavy atom. The number of hydrogen-bond acceptors (Lipinski definition) is 8. The summed E-state index contributed by atoms with van der Waals surface area (Å²) in [5, 5.41) is 3.38. The van der Waals surface area contributed by atoms with Crippen LogP contribution >= 0.6 is 12.2 Å². The van der Waals surface area contributed by atoms with E-state index in [1.807, 2.05) is 49.4 Å². The van der Waals surface area contributed by atoms with E-state index in [9.17, 15) is 0 Å². The summed E-state index contributed by atoms with van der Waals surface area (Å²) in [6, 6.07) is 13.6. The lowest BCUT2D eigenvalue weighted by atomic mass is 10.1. The molecule has 28 heavy (non-hydrogen) atoms. The van der Waals surface area contributed by atoms with Gasteiger partial charge in [0, 0.05) is 13.6 Å². The molecule has 0 unspecified atom stereocenters. The standard InChI is InChI=1S/C20H29N3O4S/c1-4-25-18-7-5-6-8-19(18)26-14-13-22-12-11-16-9-10-17(24-3)20(15-16)27-28-23(2)21/h5-10,15,22H,4,11-14,21H2,1-3H3. The van der Waals surface area contributed by atoms with Crippen molar-refractivity contribution in [1.29, 1.82) is 0 Å². The van der Waals surface area contributed by atoms with Crippen molar-refractivity contribution in [2.24, 2.45) is 5.84 Å². The second-order valence-electron chi connectivity index (χ2n) is 5.92. The van der Waals surface area contributed by atoms with Gasteiger partial charge in [-0.15, -0.1) is 0 Å². The van der Waals surface area contributed by atoms with Gasteiger partial charge in [-0.25, -0.2) is 0 Å². The van der Waals surface area contributed by atoms with Crippen LogP contribution in [0.3, 0.4) is 0 Å². The van der Waals surface area contributed by atoms with Gasteiger partial charge in [-0.05, 0) is 49.7 Å². The molecule has 0 fully saturated rings. The number of methoxy groups -OCH3 is 1. The Labute approximate surface area is 171 Å². The van der Waals surface area contributed by atoms with Gasteiger partial charge in [-0.3, -0.25) is 5.84 Å². The molecule has 2 aromatic rings. The normalized spacial score (nSPS) is 10.8. The Morgan fingerprint density at radius 3 is 2.43 bits per heavy atom. The smallest absolute Gasteiger partial charge is 0.181 e. The number of ether oxygens (including phenoxy) is 3. The zero-order valence-corrected chi connectivity index (χ0v) is 17.5. The van der Waals surface area contributed by atoms with E-state index in [2.05, 4.69) is 5.32 Å². The molecule has 8 heteroatoms. The summed E-state index contributed by atoms with van der Waals surface area (Å²) in [5.41, 5.74) is 1.14. The molecule has 0 atom stereocenters. The minimum absolute atomic E-state index is 0.570. The first-order chi connectivity index (χ1) is 13.6. The van der Waals surface area contributed by atoms with Crippen molar-refractivity contribution in [3.63, 3.8) is 0 Å². The number of para-hydroxylation sites is 2. The second-order valence-corrected chi connectivity index (χ2v) is 6.81. The summed E-state index contributed by atoms with van der Waals surface area (Å²) in [7, 11) is 3.32. The molecule has 7 nitrogen and oxygen atoms in total. The minimum Gasteiger partial charge on any atom is -0.493 e. The van der Waals surface area contributed by atoms with Crippen molar-refractivity contribution in [1.82, 2.24) is 9.73 Å². The fraction of sp³-hybridized carbons (Fsp3) is 0.400. The van der Waals surface area contributed by atoms with Crippen LogP contribution in [0.1, 0.15) is 12.5 Å². The van der Waals surface area contributed by atoms with Gasteiger partial charge < -0.3 is 23.7 Å². The summed E-state index contributed by atoms with van der Waals surface area (Å²) in [6.45, 7) is 4.72. The highest BCUT2D eigenvalue weighted by molar-refractivity contribution is 7.92.